The van der Waals surface area contributed by atoms with Crippen LogP contribution in [0.25, 0.3) is 28.4 Å². The second-order valence-corrected chi connectivity index (χ2v) is 4.95. The Morgan fingerprint density at radius 3 is 2.57 bits per heavy atom. The highest BCUT2D eigenvalue weighted by molar-refractivity contribution is 5.64. The van der Waals surface area contributed by atoms with Gasteiger partial charge in [0.1, 0.15) is 5.75 Å². The monoisotopic (exact) mass is 303 g/mol. The van der Waals surface area contributed by atoms with Crippen molar-refractivity contribution in [3.05, 3.63) is 61.1 Å². The van der Waals surface area contributed by atoms with Crippen LogP contribution in [0.3, 0.4) is 0 Å². The van der Waals surface area contributed by atoms with E-state index >= 15 is 0 Å². The van der Waals surface area contributed by atoms with Gasteiger partial charge in [-0.1, -0.05) is 0 Å². The van der Waals surface area contributed by atoms with Crippen LogP contribution in [0.2, 0.25) is 0 Å². The molecule has 0 bridgehead atoms. The van der Waals surface area contributed by atoms with Crippen molar-refractivity contribution in [2.24, 2.45) is 0 Å². The quantitative estimate of drug-likeness (QED) is 0.582. The summed E-state index contributed by atoms with van der Waals surface area (Å²) in [6, 6.07) is 13.5. The van der Waals surface area contributed by atoms with Gasteiger partial charge >= 0.3 is 0 Å². The number of ether oxygens (including phenoxy) is 1. The summed E-state index contributed by atoms with van der Waals surface area (Å²) in [5.74, 6) is 1.97. The molecule has 3 heterocycles. The zero-order chi connectivity index (χ0) is 15.6. The van der Waals surface area contributed by atoms with Gasteiger partial charge in [-0.25, -0.2) is 4.98 Å². The van der Waals surface area contributed by atoms with E-state index in [2.05, 4.69) is 20.1 Å². The second kappa shape index (κ2) is 5.49. The Morgan fingerprint density at radius 1 is 0.957 bits per heavy atom. The maximum Gasteiger partial charge on any atom is 0.253 e. The third-order valence-electron chi connectivity index (χ3n) is 3.55. The number of aromatic nitrogens is 5. The minimum Gasteiger partial charge on any atom is -0.497 e. The Hall–Kier alpha value is -3.28. The molecule has 6 nitrogen and oxygen atoms in total. The van der Waals surface area contributed by atoms with Crippen LogP contribution in [0.15, 0.2) is 61.1 Å². The van der Waals surface area contributed by atoms with Crippen LogP contribution in [0.4, 0.5) is 0 Å². The van der Waals surface area contributed by atoms with Gasteiger partial charge in [0.25, 0.3) is 5.78 Å². The van der Waals surface area contributed by atoms with E-state index in [0.717, 1.165) is 22.6 Å². The summed E-state index contributed by atoms with van der Waals surface area (Å²) in [6.45, 7) is 0. The van der Waals surface area contributed by atoms with E-state index in [1.807, 2.05) is 42.5 Å². The zero-order valence-corrected chi connectivity index (χ0v) is 12.4. The topological polar surface area (TPSA) is 65.2 Å². The van der Waals surface area contributed by atoms with Crippen LogP contribution in [-0.2, 0) is 0 Å². The predicted molar refractivity (Wildman–Crippen MR) is 86.0 cm³/mol. The van der Waals surface area contributed by atoms with Gasteiger partial charge in [-0.2, -0.15) is 9.50 Å². The molecule has 0 amide bonds. The average Bonchev–Trinajstić information content (AvgIpc) is 3.07. The summed E-state index contributed by atoms with van der Waals surface area (Å²) in [4.78, 5) is 12.9. The first-order valence-corrected chi connectivity index (χ1v) is 7.12. The molecule has 0 aliphatic rings. The van der Waals surface area contributed by atoms with Gasteiger partial charge in [0.2, 0.25) is 0 Å². The molecule has 0 saturated heterocycles. The fourth-order valence-corrected chi connectivity index (χ4v) is 2.39. The van der Waals surface area contributed by atoms with Crippen LogP contribution in [0.1, 0.15) is 0 Å². The third-order valence-corrected chi connectivity index (χ3v) is 3.55. The Morgan fingerprint density at radius 2 is 1.83 bits per heavy atom. The Labute approximate surface area is 132 Å². The van der Waals surface area contributed by atoms with Crippen molar-refractivity contribution in [2.45, 2.75) is 0 Å². The number of methoxy groups -OCH3 is 1. The summed E-state index contributed by atoms with van der Waals surface area (Å²) < 4.78 is 6.94. The standard InChI is InChI=1S/C17H13N5O/c1-23-14-6-4-12(5-7-14)15-8-10-19-17-20-16(21-22(15)17)13-3-2-9-18-11-13/h2-11H,1H3. The molecule has 0 aliphatic heterocycles. The fourth-order valence-electron chi connectivity index (χ4n) is 2.39. The molecule has 3 aromatic heterocycles. The minimum atomic E-state index is 0.553. The first-order valence-electron chi connectivity index (χ1n) is 7.12. The highest BCUT2D eigenvalue weighted by atomic mass is 16.5. The molecule has 112 valence electrons. The van der Waals surface area contributed by atoms with Gasteiger partial charge in [0, 0.05) is 29.7 Å². The molecule has 4 rings (SSSR count). The molecule has 0 atom stereocenters. The smallest absolute Gasteiger partial charge is 0.253 e. The normalized spacial score (nSPS) is 10.8. The molecule has 0 saturated carbocycles. The maximum absolute atomic E-state index is 5.20. The molecule has 0 aliphatic carbocycles. The first kappa shape index (κ1) is 13.4. The number of nitrogens with zero attached hydrogens (tertiary/aromatic N) is 5. The summed E-state index contributed by atoms with van der Waals surface area (Å²) >= 11 is 0. The van der Waals surface area contributed by atoms with Crippen LogP contribution in [0, 0.1) is 0 Å². The van der Waals surface area contributed by atoms with Crippen molar-refractivity contribution in [3.63, 3.8) is 0 Å². The highest BCUT2D eigenvalue weighted by Gasteiger charge is 2.11. The van der Waals surface area contributed by atoms with Crippen molar-refractivity contribution >= 4 is 5.78 Å². The number of fused-ring (bicyclic) bond motifs is 1. The van der Waals surface area contributed by atoms with Crippen LogP contribution >= 0.6 is 0 Å². The zero-order valence-electron chi connectivity index (χ0n) is 12.4. The number of pyridine rings is 1. The largest absolute Gasteiger partial charge is 0.497 e. The van der Waals surface area contributed by atoms with Crippen molar-refractivity contribution in [1.29, 1.82) is 0 Å². The molecular formula is C17H13N5O. The lowest BCUT2D eigenvalue weighted by Gasteiger charge is -2.05. The molecule has 0 fully saturated rings. The molecular weight excluding hydrogens is 290 g/mol. The Balaban J connectivity index is 1.85. The number of hydrogen-bond acceptors (Lipinski definition) is 5. The van der Waals surface area contributed by atoms with E-state index in [1.165, 1.54) is 0 Å². The van der Waals surface area contributed by atoms with E-state index in [9.17, 15) is 0 Å². The molecule has 4 aromatic rings. The fraction of sp³-hybridized carbons (Fsp3) is 0.0588. The Kier molecular flexibility index (Phi) is 3.20. The lowest BCUT2D eigenvalue weighted by atomic mass is 10.1. The Bertz CT molecular complexity index is 948. The first-order chi connectivity index (χ1) is 11.3. The summed E-state index contributed by atoms with van der Waals surface area (Å²) in [5.41, 5.74) is 2.79. The minimum absolute atomic E-state index is 0.553. The van der Waals surface area contributed by atoms with E-state index in [0.29, 0.717) is 11.6 Å². The molecule has 0 N–H and O–H groups in total. The summed E-state index contributed by atoms with van der Waals surface area (Å²) in [5, 5.41) is 4.57. The van der Waals surface area contributed by atoms with Gasteiger partial charge in [-0.3, -0.25) is 4.98 Å². The van der Waals surface area contributed by atoms with E-state index in [4.69, 9.17) is 4.74 Å². The number of rotatable bonds is 3. The van der Waals surface area contributed by atoms with Gasteiger partial charge in [-0.05, 0) is 42.5 Å². The van der Waals surface area contributed by atoms with Gasteiger partial charge in [0.15, 0.2) is 5.82 Å². The number of hydrogen-bond donors (Lipinski definition) is 0. The summed E-state index contributed by atoms with van der Waals surface area (Å²) in [7, 11) is 1.65. The van der Waals surface area contributed by atoms with E-state index in [1.54, 1.807) is 30.2 Å². The van der Waals surface area contributed by atoms with Crippen LogP contribution in [-0.4, -0.2) is 31.7 Å². The van der Waals surface area contributed by atoms with Gasteiger partial charge < -0.3 is 4.74 Å². The molecule has 6 heteroatoms. The van der Waals surface area contributed by atoms with Gasteiger partial charge in [-0.15, -0.1) is 5.10 Å². The molecule has 0 spiro atoms. The average molecular weight is 303 g/mol. The lowest BCUT2D eigenvalue weighted by molar-refractivity contribution is 0.415. The van der Waals surface area contributed by atoms with Gasteiger partial charge in [0.05, 0.1) is 12.8 Å². The van der Waals surface area contributed by atoms with E-state index < -0.39 is 0 Å². The second-order valence-electron chi connectivity index (χ2n) is 4.95. The molecule has 1 aromatic carbocycles. The number of benzene rings is 1. The highest BCUT2D eigenvalue weighted by Crippen LogP contribution is 2.23. The third kappa shape index (κ3) is 2.40. The lowest BCUT2D eigenvalue weighted by Crippen LogP contribution is -1.96. The molecule has 23 heavy (non-hydrogen) atoms. The van der Waals surface area contributed by atoms with Crippen molar-refractivity contribution in [2.75, 3.05) is 7.11 Å². The SMILES string of the molecule is COc1ccc(-c2ccnc3nc(-c4cccnc4)nn23)cc1. The van der Waals surface area contributed by atoms with Crippen molar-refractivity contribution in [1.82, 2.24) is 24.6 Å². The van der Waals surface area contributed by atoms with Crippen molar-refractivity contribution in [3.8, 4) is 28.4 Å². The summed E-state index contributed by atoms with van der Waals surface area (Å²) in [6.07, 6.45) is 5.19. The molecule has 0 radical (unpaired) electrons. The van der Waals surface area contributed by atoms with E-state index in [-0.39, 0.29) is 0 Å². The van der Waals surface area contributed by atoms with Crippen LogP contribution in [0.5, 0.6) is 5.75 Å². The van der Waals surface area contributed by atoms with Crippen LogP contribution < -0.4 is 4.74 Å². The molecule has 0 unspecified atom stereocenters. The maximum atomic E-state index is 5.20. The van der Waals surface area contributed by atoms with Crippen molar-refractivity contribution < 1.29 is 4.74 Å². The predicted octanol–water partition coefficient (Wildman–Crippen LogP) is 2.86.